The van der Waals surface area contributed by atoms with Gasteiger partial charge < -0.3 is 24.6 Å². The van der Waals surface area contributed by atoms with Crippen molar-refractivity contribution >= 4 is 51.5 Å². The van der Waals surface area contributed by atoms with Crippen molar-refractivity contribution in [2.45, 2.75) is 71.2 Å². The summed E-state index contributed by atoms with van der Waals surface area (Å²) in [5, 5.41) is 16.7. The van der Waals surface area contributed by atoms with Gasteiger partial charge in [0.2, 0.25) is 11.8 Å². The second-order valence-electron chi connectivity index (χ2n) is 10.5. The number of hydrogen-bond acceptors (Lipinski definition) is 7. The fourth-order valence-corrected chi connectivity index (χ4v) is 5.99. The average Bonchev–Trinajstić information content (AvgIpc) is 3.33. The summed E-state index contributed by atoms with van der Waals surface area (Å²) in [5.41, 5.74) is 4.53. The molecule has 222 valence electrons. The van der Waals surface area contributed by atoms with E-state index in [1.54, 1.807) is 6.26 Å². The van der Waals surface area contributed by atoms with Crippen molar-refractivity contribution in [3.8, 4) is 0 Å². The van der Waals surface area contributed by atoms with Gasteiger partial charge in [-0.2, -0.15) is 11.8 Å². The molecule has 2 atom stereocenters. The summed E-state index contributed by atoms with van der Waals surface area (Å²) in [7, 11) is 0. The number of thioether (sulfide) groups is 1. The first-order valence-corrected chi connectivity index (χ1v) is 15.1. The predicted molar refractivity (Wildman–Crippen MR) is 164 cm³/mol. The van der Waals surface area contributed by atoms with Crippen molar-refractivity contribution < 1.29 is 28.3 Å². The van der Waals surface area contributed by atoms with Gasteiger partial charge in [-0.15, -0.1) is 0 Å². The van der Waals surface area contributed by atoms with Crippen LogP contribution in [0, 0.1) is 20.8 Å². The third-order valence-corrected chi connectivity index (χ3v) is 8.48. The molecule has 0 saturated heterocycles. The Morgan fingerprint density at radius 2 is 1.71 bits per heavy atom. The second-order valence-corrected chi connectivity index (χ2v) is 11.5. The molecule has 2 unspecified atom stereocenters. The van der Waals surface area contributed by atoms with Gasteiger partial charge >= 0.3 is 11.6 Å². The number of carbonyl (C=O) groups excluding carboxylic acids is 2. The molecule has 0 spiro atoms. The van der Waals surface area contributed by atoms with Crippen molar-refractivity contribution in [1.29, 1.82) is 0 Å². The smallest absolute Gasteiger partial charge is 0.339 e. The Labute approximate surface area is 248 Å². The van der Waals surface area contributed by atoms with Gasteiger partial charge in [0, 0.05) is 39.8 Å². The molecule has 0 saturated carbocycles. The zero-order chi connectivity index (χ0) is 30.4. The molecule has 4 rings (SSSR count). The molecule has 2 aromatic heterocycles. The number of fused-ring (bicyclic) bond motifs is 2. The van der Waals surface area contributed by atoms with Crippen LogP contribution in [-0.2, 0) is 26.6 Å². The number of aryl methyl sites for hydroxylation is 3. The fraction of sp³-hybridized carbons (Fsp3) is 0.375. The maximum absolute atomic E-state index is 13.0. The molecule has 2 aromatic carbocycles. The first kappa shape index (κ1) is 30.9. The summed E-state index contributed by atoms with van der Waals surface area (Å²) in [4.78, 5) is 50.7. The van der Waals surface area contributed by atoms with Crippen molar-refractivity contribution in [3.05, 3.63) is 80.9 Å². The van der Waals surface area contributed by atoms with Crippen molar-refractivity contribution in [2.24, 2.45) is 0 Å². The number of carbonyl (C=O) groups is 3. The molecule has 0 aliphatic heterocycles. The zero-order valence-electron chi connectivity index (χ0n) is 24.2. The van der Waals surface area contributed by atoms with E-state index in [-0.39, 0.29) is 18.6 Å². The van der Waals surface area contributed by atoms with Crippen LogP contribution in [0.3, 0.4) is 0 Å². The summed E-state index contributed by atoms with van der Waals surface area (Å²) >= 11 is 1.41. The maximum atomic E-state index is 13.0. The van der Waals surface area contributed by atoms with Crippen LogP contribution in [-0.4, -0.2) is 40.7 Å². The van der Waals surface area contributed by atoms with Crippen LogP contribution in [0.4, 0.5) is 0 Å². The number of benzene rings is 2. The van der Waals surface area contributed by atoms with E-state index in [4.69, 9.17) is 8.83 Å². The van der Waals surface area contributed by atoms with E-state index in [2.05, 4.69) is 10.6 Å². The molecule has 0 radical (unpaired) electrons. The average molecular weight is 593 g/mol. The Morgan fingerprint density at radius 1 is 0.976 bits per heavy atom. The number of rotatable bonds is 13. The summed E-state index contributed by atoms with van der Waals surface area (Å²) < 4.78 is 11.3. The predicted octanol–water partition coefficient (Wildman–Crippen LogP) is 5.18. The zero-order valence-corrected chi connectivity index (χ0v) is 25.1. The van der Waals surface area contributed by atoms with E-state index < -0.39 is 35.5 Å². The molecule has 10 heteroatoms. The molecule has 2 amide bonds. The topological polar surface area (TPSA) is 139 Å². The number of nitrogens with one attached hydrogen (secondary N) is 2. The molecule has 3 N–H and O–H groups in total. The van der Waals surface area contributed by atoms with Gasteiger partial charge in [0.05, 0.1) is 6.26 Å². The van der Waals surface area contributed by atoms with Crippen molar-refractivity contribution in [3.63, 3.8) is 0 Å². The Hall–Kier alpha value is -4.05. The lowest BCUT2D eigenvalue weighted by Crippen LogP contribution is -2.52. The van der Waals surface area contributed by atoms with Crippen LogP contribution < -0.4 is 16.3 Å². The third-order valence-electron chi connectivity index (χ3n) is 7.38. The molecule has 9 nitrogen and oxygen atoms in total. The van der Waals surface area contributed by atoms with Crippen molar-refractivity contribution in [2.75, 3.05) is 5.75 Å². The standard InChI is InChI=1S/C32H36N2O7S/c1-5-9-25(30(36)34-26(31(37)38)17-42-16-21-10-7-6-8-11-21)33-27(35)13-12-22-19(3)24-14-23-18(2)15-40-28(23)20(4)29(24)41-32(22)39/h6-8,10-11,14-15,25-26H,5,9,12-13,16-17H2,1-4H3,(H,33,35)(H,34,36)(H,37,38). The molecular weight excluding hydrogens is 556 g/mol. The van der Waals surface area contributed by atoms with Crippen LogP contribution in [0.15, 0.2) is 56.3 Å². The summed E-state index contributed by atoms with van der Waals surface area (Å²) in [5.74, 6) is -1.30. The lowest BCUT2D eigenvalue weighted by atomic mass is 9.98. The molecule has 0 bridgehead atoms. The normalized spacial score (nSPS) is 12.8. The maximum Gasteiger partial charge on any atom is 0.339 e. The van der Waals surface area contributed by atoms with Gasteiger partial charge in [-0.3, -0.25) is 9.59 Å². The molecule has 0 aliphatic carbocycles. The highest BCUT2D eigenvalue weighted by atomic mass is 32.2. The largest absolute Gasteiger partial charge is 0.480 e. The van der Waals surface area contributed by atoms with Crippen LogP contribution >= 0.6 is 11.8 Å². The Morgan fingerprint density at radius 3 is 2.40 bits per heavy atom. The molecule has 4 aromatic rings. The summed E-state index contributed by atoms with van der Waals surface area (Å²) in [6, 6.07) is 9.61. The molecule has 0 fully saturated rings. The second kappa shape index (κ2) is 13.7. The summed E-state index contributed by atoms with van der Waals surface area (Å²) in [6.45, 7) is 7.50. The van der Waals surface area contributed by atoms with Gasteiger partial charge in [-0.1, -0.05) is 43.7 Å². The Kier molecular flexibility index (Phi) is 10.1. The highest BCUT2D eigenvalue weighted by Gasteiger charge is 2.26. The molecule has 42 heavy (non-hydrogen) atoms. The van der Waals surface area contributed by atoms with Crippen LogP contribution in [0.2, 0.25) is 0 Å². The number of furan rings is 1. The van der Waals surface area contributed by atoms with Gasteiger partial charge in [0.15, 0.2) is 0 Å². The third kappa shape index (κ3) is 7.05. The van der Waals surface area contributed by atoms with Gasteiger partial charge in [0.1, 0.15) is 23.2 Å². The van der Waals surface area contributed by atoms with E-state index in [0.717, 1.165) is 33.0 Å². The number of carboxylic acid groups (broad SMARTS) is 1. The molecule has 2 heterocycles. The van der Waals surface area contributed by atoms with Gasteiger partial charge in [-0.25, -0.2) is 9.59 Å². The van der Waals surface area contributed by atoms with Gasteiger partial charge in [-0.05, 0) is 56.4 Å². The molecular formula is C32H36N2O7S. The Balaban J connectivity index is 1.40. The van der Waals surface area contributed by atoms with E-state index in [0.29, 0.717) is 35.3 Å². The van der Waals surface area contributed by atoms with Crippen LogP contribution in [0.1, 0.15) is 54.0 Å². The number of aliphatic carboxylic acids is 1. The number of amides is 2. The quantitative estimate of drug-likeness (QED) is 0.180. The number of carboxylic acids is 1. The lowest BCUT2D eigenvalue weighted by Gasteiger charge is -2.21. The monoisotopic (exact) mass is 592 g/mol. The van der Waals surface area contributed by atoms with E-state index >= 15 is 0 Å². The lowest BCUT2D eigenvalue weighted by molar-refractivity contribution is -0.141. The molecule has 0 aliphatic rings. The minimum Gasteiger partial charge on any atom is -0.480 e. The SMILES string of the molecule is CCCC(NC(=O)CCc1c(C)c2cc3c(C)coc3c(C)c2oc1=O)C(=O)NC(CSCc1ccccc1)C(=O)O. The fourth-order valence-electron chi connectivity index (χ4n) is 4.99. The first-order valence-electron chi connectivity index (χ1n) is 14.0. The van der Waals surface area contributed by atoms with E-state index in [9.17, 15) is 24.3 Å². The highest BCUT2D eigenvalue weighted by molar-refractivity contribution is 7.98. The minimum absolute atomic E-state index is 0.0359. The van der Waals surface area contributed by atoms with Crippen LogP contribution in [0.5, 0.6) is 0 Å². The van der Waals surface area contributed by atoms with Crippen LogP contribution in [0.25, 0.3) is 21.9 Å². The van der Waals surface area contributed by atoms with Gasteiger partial charge in [0.25, 0.3) is 0 Å². The van der Waals surface area contributed by atoms with E-state index in [1.165, 1.54) is 11.8 Å². The highest BCUT2D eigenvalue weighted by Crippen LogP contribution is 2.32. The minimum atomic E-state index is -1.14. The van der Waals surface area contributed by atoms with E-state index in [1.807, 2.05) is 64.1 Å². The first-order chi connectivity index (χ1) is 20.1. The van der Waals surface area contributed by atoms with Crippen molar-refractivity contribution in [1.82, 2.24) is 10.6 Å². The number of hydrogen-bond donors (Lipinski definition) is 3. The summed E-state index contributed by atoms with van der Waals surface area (Å²) in [6.07, 6.45) is 2.71. The Bertz CT molecular complexity index is 1660.